The topological polar surface area (TPSA) is 0 Å². The van der Waals surface area contributed by atoms with Gasteiger partial charge in [-0.25, -0.2) is 0 Å². The third-order valence-corrected chi connectivity index (χ3v) is 11.0. The maximum absolute atomic E-state index is 4.95. The van der Waals surface area contributed by atoms with Gasteiger partial charge in [0, 0.05) is 14.7 Å². The smallest absolute Gasteiger partial charge is 0.0197 e. The molecule has 44 heavy (non-hydrogen) atoms. The van der Waals surface area contributed by atoms with Gasteiger partial charge in [-0.2, -0.15) is 0 Å². The zero-order valence-corrected chi connectivity index (χ0v) is 28.6. The summed E-state index contributed by atoms with van der Waals surface area (Å²) in [5, 5.41) is 9.84. The highest BCUT2D eigenvalue weighted by Gasteiger charge is 2.10. The fourth-order valence-corrected chi connectivity index (χ4v) is 8.21. The Kier molecular flexibility index (Phi) is 10.8. The Morgan fingerprint density at radius 3 is 1.93 bits per heavy atom. The lowest BCUT2D eigenvalue weighted by Gasteiger charge is -2.12. The van der Waals surface area contributed by atoms with Gasteiger partial charge >= 0.3 is 0 Å². The van der Waals surface area contributed by atoms with E-state index in [1.54, 1.807) is 0 Å². The summed E-state index contributed by atoms with van der Waals surface area (Å²) in [4.78, 5) is 3.43. The van der Waals surface area contributed by atoms with E-state index in [1.807, 2.05) is 11.8 Å². The predicted octanol–water partition coefficient (Wildman–Crippen LogP) is 13.9. The van der Waals surface area contributed by atoms with Gasteiger partial charge in [-0.1, -0.05) is 114 Å². The van der Waals surface area contributed by atoms with Gasteiger partial charge in [0.25, 0.3) is 0 Å². The molecule has 0 aliphatic rings. The van der Waals surface area contributed by atoms with Crippen molar-refractivity contribution in [2.45, 2.75) is 92.2 Å². The number of hydrogen-bond donors (Lipinski definition) is 2. The lowest BCUT2D eigenvalue weighted by Crippen LogP contribution is -1.86. The SMILES string of the molecule is CCCCCCCCCCCCCSc1ccc2cc3c(S)cc(-c4ccc5c(S)c6ccccc6cc5c4)cc3cc2c1. The molecule has 0 aliphatic carbocycles. The van der Waals surface area contributed by atoms with Crippen LogP contribution >= 0.6 is 37.0 Å². The van der Waals surface area contributed by atoms with Crippen molar-refractivity contribution in [1.29, 1.82) is 0 Å². The second-order valence-corrected chi connectivity index (χ2v) is 14.4. The summed E-state index contributed by atoms with van der Waals surface area (Å²) < 4.78 is 0. The first kappa shape index (κ1) is 31.4. The highest BCUT2D eigenvalue weighted by Crippen LogP contribution is 2.37. The monoisotopic (exact) mass is 632 g/mol. The van der Waals surface area contributed by atoms with Gasteiger partial charge in [0.2, 0.25) is 0 Å². The molecule has 0 bridgehead atoms. The number of fused-ring (bicyclic) bond motifs is 4. The molecule has 226 valence electrons. The van der Waals surface area contributed by atoms with E-state index in [0.29, 0.717) is 0 Å². The van der Waals surface area contributed by atoms with Crippen LogP contribution in [0, 0.1) is 0 Å². The largest absolute Gasteiger partial charge is 0.143 e. The Labute approximate surface area is 278 Å². The molecule has 0 unspecified atom stereocenters. The summed E-state index contributed by atoms with van der Waals surface area (Å²) in [7, 11) is 0. The Morgan fingerprint density at radius 1 is 0.477 bits per heavy atom. The normalized spacial score (nSPS) is 11.8. The second kappa shape index (κ2) is 15.1. The molecule has 0 fully saturated rings. The molecule has 0 heterocycles. The van der Waals surface area contributed by atoms with Crippen LogP contribution < -0.4 is 0 Å². The molecule has 0 N–H and O–H groups in total. The van der Waals surface area contributed by atoms with E-state index in [9.17, 15) is 0 Å². The van der Waals surface area contributed by atoms with Crippen LogP contribution in [0.5, 0.6) is 0 Å². The molecule has 6 aromatic rings. The van der Waals surface area contributed by atoms with Crippen molar-refractivity contribution in [2.75, 3.05) is 5.75 Å². The molecule has 6 rings (SSSR count). The summed E-state index contributed by atoms with van der Waals surface area (Å²) in [6.07, 6.45) is 15.3. The number of benzene rings is 6. The Balaban J connectivity index is 1.12. The van der Waals surface area contributed by atoms with E-state index >= 15 is 0 Å². The first-order valence-electron chi connectivity index (χ1n) is 16.6. The van der Waals surface area contributed by atoms with Crippen LogP contribution in [0.1, 0.15) is 77.6 Å². The maximum Gasteiger partial charge on any atom is 0.0197 e. The first-order chi connectivity index (χ1) is 21.6. The van der Waals surface area contributed by atoms with Crippen molar-refractivity contribution in [3.05, 3.63) is 91.0 Å². The quantitative estimate of drug-likeness (QED) is 0.0521. The Hall–Kier alpha value is -2.59. The van der Waals surface area contributed by atoms with E-state index < -0.39 is 0 Å². The average Bonchev–Trinajstić information content (AvgIpc) is 3.04. The van der Waals surface area contributed by atoms with Gasteiger partial charge in [0.15, 0.2) is 0 Å². The minimum atomic E-state index is 1.02. The molecule has 0 radical (unpaired) electrons. The highest BCUT2D eigenvalue weighted by molar-refractivity contribution is 7.99. The summed E-state index contributed by atoms with van der Waals surface area (Å²) in [6.45, 7) is 2.29. The van der Waals surface area contributed by atoms with Crippen LogP contribution in [-0.2, 0) is 0 Å². The number of unbranched alkanes of at least 4 members (excludes halogenated alkanes) is 10. The van der Waals surface area contributed by atoms with Gasteiger partial charge in [0.1, 0.15) is 0 Å². The van der Waals surface area contributed by atoms with Crippen molar-refractivity contribution >= 4 is 80.1 Å². The molecular formula is C41H44S3. The van der Waals surface area contributed by atoms with Crippen molar-refractivity contribution in [3.8, 4) is 11.1 Å². The van der Waals surface area contributed by atoms with Gasteiger partial charge in [-0.15, -0.1) is 37.0 Å². The number of rotatable bonds is 14. The van der Waals surface area contributed by atoms with Crippen molar-refractivity contribution in [1.82, 2.24) is 0 Å². The zero-order chi connectivity index (χ0) is 30.3. The molecule has 3 heteroatoms. The molecular weight excluding hydrogens is 589 g/mol. The van der Waals surface area contributed by atoms with E-state index in [-0.39, 0.29) is 0 Å². The molecule has 6 aromatic carbocycles. The molecule has 0 amide bonds. The summed E-state index contributed by atoms with van der Waals surface area (Å²) in [5.74, 6) is 1.20. The standard InChI is InChI=1S/C41H44S3/c1-2-3-4-5-6-7-8-9-10-11-14-21-44-36-19-17-30-27-39-35(24-32(30)26-36)25-33(28-40(39)42)29-18-20-38-34(22-29)23-31-15-12-13-16-37(31)41(38)43/h12-13,15-20,22-28,42-43H,2-11,14,21H2,1H3. The van der Waals surface area contributed by atoms with E-state index in [4.69, 9.17) is 25.3 Å². The molecule has 0 spiro atoms. The number of hydrogen-bond acceptors (Lipinski definition) is 3. The van der Waals surface area contributed by atoms with Crippen molar-refractivity contribution in [2.24, 2.45) is 0 Å². The number of thioether (sulfide) groups is 1. The highest BCUT2D eigenvalue weighted by atomic mass is 32.2. The van der Waals surface area contributed by atoms with Crippen LogP contribution in [-0.4, -0.2) is 5.75 Å². The molecule has 0 atom stereocenters. The Bertz CT molecular complexity index is 1890. The van der Waals surface area contributed by atoms with Crippen LogP contribution in [0.25, 0.3) is 54.2 Å². The summed E-state index contributed by atoms with van der Waals surface area (Å²) in [5.41, 5.74) is 2.40. The lowest BCUT2D eigenvalue weighted by atomic mass is 9.96. The van der Waals surface area contributed by atoms with Crippen LogP contribution in [0.4, 0.5) is 0 Å². The van der Waals surface area contributed by atoms with Gasteiger partial charge in [-0.05, 0) is 115 Å². The van der Waals surface area contributed by atoms with E-state index in [0.717, 1.165) is 9.79 Å². The third-order valence-electron chi connectivity index (χ3n) is 9.04. The molecule has 0 aliphatic heterocycles. The summed E-state index contributed by atoms with van der Waals surface area (Å²) in [6, 6.07) is 33.6. The zero-order valence-electron chi connectivity index (χ0n) is 25.9. The van der Waals surface area contributed by atoms with Crippen molar-refractivity contribution in [3.63, 3.8) is 0 Å². The van der Waals surface area contributed by atoms with Crippen LogP contribution in [0.15, 0.2) is 106 Å². The van der Waals surface area contributed by atoms with Crippen LogP contribution in [0.2, 0.25) is 0 Å². The second-order valence-electron chi connectivity index (χ2n) is 12.3. The minimum Gasteiger partial charge on any atom is -0.143 e. The first-order valence-corrected chi connectivity index (χ1v) is 18.5. The summed E-state index contributed by atoms with van der Waals surface area (Å²) >= 11 is 11.8. The fourth-order valence-electron chi connectivity index (χ4n) is 6.51. The van der Waals surface area contributed by atoms with Gasteiger partial charge < -0.3 is 0 Å². The van der Waals surface area contributed by atoms with Crippen LogP contribution in [0.3, 0.4) is 0 Å². The molecule has 0 saturated heterocycles. The third kappa shape index (κ3) is 7.44. The average molecular weight is 633 g/mol. The van der Waals surface area contributed by atoms with E-state index in [2.05, 4.69) is 97.9 Å². The fraction of sp³-hybridized carbons (Fsp3) is 0.317. The molecule has 0 saturated carbocycles. The molecule has 0 aromatic heterocycles. The Morgan fingerprint density at radius 2 is 1.14 bits per heavy atom. The lowest BCUT2D eigenvalue weighted by molar-refractivity contribution is 0.555. The maximum atomic E-state index is 4.95. The van der Waals surface area contributed by atoms with Crippen molar-refractivity contribution < 1.29 is 0 Å². The number of thiol groups is 2. The molecule has 0 nitrogen and oxygen atoms in total. The van der Waals surface area contributed by atoms with Gasteiger partial charge in [-0.3, -0.25) is 0 Å². The predicted molar refractivity (Wildman–Crippen MR) is 204 cm³/mol. The minimum absolute atomic E-state index is 1.02. The van der Waals surface area contributed by atoms with E-state index in [1.165, 1.54) is 135 Å². The van der Waals surface area contributed by atoms with Gasteiger partial charge in [0.05, 0.1) is 0 Å².